The minimum atomic E-state index is -0.0159. The lowest BCUT2D eigenvalue weighted by Gasteiger charge is -2.61. The molecule has 2 aromatic rings. The van der Waals surface area contributed by atoms with Crippen LogP contribution >= 0.6 is 11.6 Å². The van der Waals surface area contributed by atoms with Crippen LogP contribution in [0.25, 0.3) is 0 Å². The molecule has 2 amide bonds. The maximum atomic E-state index is 13.2. The van der Waals surface area contributed by atoms with E-state index in [0.717, 1.165) is 43.4 Å². The van der Waals surface area contributed by atoms with E-state index in [-0.39, 0.29) is 17.5 Å². The monoisotopic (exact) mass is 399 g/mol. The third kappa shape index (κ3) is 2.68. The van der Waals surface area contributed by atoms with Crippen LogP contribution in [0.3, 0.4) is 0 Å². The van der Waals surface area contributed by atoms with Crippen LogP contribution in [-0.4, -0.2) is 59.7 Å². The Morgan fingerprint density at radius 3 is 2.71 bits per heavy atom. The van der Waals surface area contributed by atoms with Gasteiger partial charge >= 0.3 is 6.03 Å². The highest BCUT2D eigenvalue weighted by molar-refractivity contribution is 6.30. The van der Waals surface area contributed by atoms with Crippen molar-refractivity contribution in [2.24, 2.45) is 5.41 Å². The Balaban J connectivity index is 1.26. The number of carbonyl (C=O) groups excluding carboxylic acids is 1. The number of rotatable bonds is 1. The third-order valence-corrected chi connectivity index (χ3v) is 6.07. The number of carbonyl (C=O) groups is 1. The fraction of sp³-hybridized carbons (Fsp3) is 0.450. The maximum absolute atomic E-state index is 13.2. The number of nitrogens with zero attached hydrogens (tertiary/aromatic N) is 5. The van der Waals surface area contributed by atoms with E-state index < -0.39 is 0 Å². The zero-order valence-electron chi connectivity index (χ0n) is 15.9. The molecule has 2 fully saturated rings. The van der Waals surface area contributed by atoms with Crippen LogP contribution < -0.4 is 14.5 Å². The average molecular weight is 400 g/mol. The molecule has 0 saturated carbocycles. The van der Waals surface area contributed by atoms with Crippen LogP contribution in [0, 0.1) is 12.3 Å². The van der Waals surface area contributed by atoms with Crippen LogP contribution in [0.4, 0.5) is 16.3 Å². The Bertz CT molecular complexity index is 938. The first kappa shape index (κ1) is 17.6. The molecule has 1 spiro atoms. The first-order valence-electron chi connectivity index (χ1n) is 9.49. The fourth-order valence-electron chi connectivity index (χ4n) is 4.49. The summed E-state index contributed by atoms with van der Waals surface area (Å²) in [6, 6.07) is 5.46. The van der Waals surface area contributed by atoms with Crippen LogP contribution in [-0.2, 0) is 0 Å². The highest BCUT2D eigenvalue weighted by Gasteiger charge is 2.55. The SMILES string of the molecule is Cc1nccnc1N1CC2(CN(C(=O)N3c4ccc(Cl)cc4OCC3C)C2)C1. The smallest absolute Gasteiger partial charge is 0.325 e. The number of fused-ring (bicyclic) bond motifs is 1. The molecule has 3 aliphatic rings. The number of ether oxygens (including phenoxy) is 1. The summed E-state index contributed by atoms with van der Waals surface area (Å²) in [5.41, 5.74) is 1.92. The Morgan fingerprint density at radius 2 is 1.96 bits per heavy atom. The van der Waals surface area contributed by atoms with E-state index in [2.05, 4.69) is 14.9 Å². The van der Waals surface area contributed by atoms with Gasteiger partial charge < -0.3 is 14.5 Å². The van der Waals surface area contributed by atoms with Gasteiger partial charge in [-0.1, -0.05) is 11.6 Å². The summed E-state index contributed by atoms with van der Waals surface area (Å²) in [6.45, 7) is 7.84. The molecule has 2 saturated heterocycles. The van der Waals surface area contributed by atoms with Crippen molar-refractivity contribution in [3.63, 3.8) is 0 Å². The molecule has 0 radical (unpaired) electrons. The van der Waals surface area contributed by atoms with Gasteiger partial charge in [-0.25, -0.2) is 9.78 Å². The number of anilines is 2. The second-order valence-corrected chi connectivity index (χ2v) is 8.54. The van der Waals surface area contributed by atoms with Crippen LogP contribution in [0.15, 0.2) is 30.6 Å². The molecule has 8 heteroatoms. The van der Waals surface area contributed by atoms with Gasteiger partial charge in [0.1, 0.15) is 18.2 Å². The van der Waals surface area contributed by atoms with Gasteiger partial charge in [-0.05, 0) is 26.0 Å². The van der Waals surface area contributed by atoms with Crippen LogP contribution in [0.1, 0.15) is 12.6 Å². The quantitative estimate of drug-likeness (QED) is 0.737. The average Bonchev–Trinajstić information content (AvgIpc) is 2.60. The molecule has 0 bridgehead atoms. The van der Waals surface area contributed by atoms with E-state index in [4.69, 9.17) is 16.3 Å². The summed E-state index contributed by atoms with van der Waals surface area (Å²) in [4.78, 5) is 28.0. The highest BCUT2D eigenvalue weighted by atomic mass is 35.5. The molecule has 1 aromatic carbocycles. The number of urea groups is 1. The lowest BCUT2D eigenvalue weighted by Crippen LogP contribution is -2.74. The number of hydrogen-bond acceptors (Lipinski definition) is 5. The normalized spacial score (nSPS) is 22.2. The predicted molar refractivity (Wildman–Crippen MR) is 107 cm³/mol. The number of likely N-dealkylation sites (tertiary alicyclic amines) is 1. The summed E-state index contributed by atoms with van der Waals surface area (Å²) in [5.74, 6) is 1.62. The molecule has 7 nitrogen and oxygen atoms in total. The topological polar surface area (TPSA) is 61.8 Å². The summed E-state index contributed by atoms with van der Waals surface area (Å²) >= 11 is 6.07. The van der Waals surface area contributed by atoms with E-state index in [0.29, 0.717) is 17.4 Å². The second kappa shape index (κ2) is 6.24. The molecule has 0 aliphatic carbocycles. The molecule has 4 heterocycles. The van der Waals surface area contributed by atoms with Gasteiger partial charge in [-0.2, -0.15) is 0 Å². The number of hydrogen-bond donors (Lipinski definition) is 0. The summed E-state index contributed by atoms with van der Waals surface area (Å²) < 4.78 is 5.76. The molecule has 146 valence electrons. The molecule has 1 atom stereocenters. The van der Waals surface area contributed by atoms with Crippen LogP contribution in [0.2, 0.25) is 5.02 Å². The van der Waals surface area contributed by atoms with Gasteiger partial charge in [0, 0.05) is 55.1 Å². The van der Waals surface area contributed by atoms with Crippen molar-refractivity contribution in [1.29, 1.82) is 0 Å². The van der Waals surface area contributed by atoms with Crippen molar-refractivity contribution in [2.75, 3.05) is 42.6 Å². The minimum absolute atomic E-state index is 0.0159. The molecule has 1 unspecified atom stereocenters. The zero-order valence-corrected chi connectivity index (χ0v) is 16.7. The van der Waals surface area contributed by atoms with E-state index in [1.807, 2.05) is 29.7 Å². The summed E-state index contributed by atoms with van der Waals surface area (Å²) in [6.07, 6.45) is 3.44. The van der Waals surface area contributed by atoms with Gasteiger partial charge in [0.25, 0.3) is 0 Å². The van der Waals surface area contributed by atoms with Crippen molar-refractivity contribution < 1.29 is 9.53 Å². The Hall–Kier alpha value is -2.54. The fourth-order valence-corrected chi connectivity index (χ4v) is 4.65. The zero-order chi connectivity index (χ0) is 19.5. The Labute approximate surface area is 168 Å². The first-order chi connectivity index (χ1) is 13.5. The Kier molecular flexibility index (Phi) is 3.91. The van der Waals surface area contributed by atoms with E-state index in [9.17, 15) is 4.79 Å². The number of halogens is 1. The number of aromatic nitrogens is 2. The van der Waals surface area contributed by atoms with Crippen LogP contribution in [0.5, 0.6) is 5.75 Å². The molecule has 1 aromatic heterocycles. The standard InChI is InChI=1S/C20H22ClN5O2/c1-13-8-28-17-7-15(21)3-4-16(17)26(13)19(27)25-11-20(12-25)9-24(10-20)18-14(2)22-5-6-23-18/h3-7,13H,8-12H2,1-2H3. The molecule has 3 aliphatic heterocycles. The van der Waals surface area contributed by atoms with E-state index in [1.54, 1.807) is 24.5 Å². The van der Waals surface area contributed by atoms with E-state index in [1.165, 1.54) is 0 Å². The predicted octanol–water partition coefficient (Wildman–Crippen LogP) is 2.97. The van der Waals surface area contributed by atoms with E-state index >= 15 is 0 Å². The highest BCUT2D eigenvalue weighted by Crippen LogP contribution is 2.44. The molecular formula is C20H22ClN5O2. The minimum Gasteiger partial charge on any atom is -0.489 e. The first-order valence-corrected chi connectivity index (χ1v) is 9.87. The Morgan fingerprint density at radius 1 is 1.21 bits per heavy atom. The van der Waals surface area contributed by atoms with Gasteiger partial charge in [-0.3, -0.25) is 9.88 Å². The van der Waals surface area contributed by atoms with Crippen molar-refractivity contribution in [1.82, 2.24) is 14.9 Å². The maximum Gasteiger partial charge on any atom is 0.325 e. The summed E-state index contributed by atoms with van der Waals surface area (Å²) in [7, 11) is 0. The lowest BCUT2D eigenvalue weighted by atomic mass is 9.73. The molecule has 28 heavy (non-hydrogen) atoms. The molecule has 0 N–H and O–H groups in total. The largest absolute Gasteiger partial charge is 0.489 e. The van der Waals surface area contributed by atoms with Crippen molar-refractivity contribution in [3.05, 3.63) is 41.3 Å². The molecule has 5 rings (SSSR count). The second-order valence-electron chi connectivity index (χ2n) is 8.10. The van der Waals surface area contributed by atoms with Crippen molar-refractivity contribution in [3.8, 4) is 5.75 Å². The van der Waals surface area contributed by atoms with Crippen molar-refractivity contribution in [2.45, 2.75) is 19.9 Å². The van der Waals surface area contributed by atoms with Gasteiger partial charge in [0.15, 0.2) is 0 Å². The third-order valence-electron chi connectivity index (χ3n) is 5.84. The number of benzene rings is 1. The number of amides is 2. The summed E-state index contributed by atoms with van der Waals surface area (Å²) in [5, 5.41) is 0.609. The number of aryl methyl sites for hydroxylation is 1. The molecular weight excluding hydrogens is 378 g/mol. The van der Waals surface area contributed by atoms with Crippen molar-refractivity contribution >= 4 is 29.1 Å². The van der Waals surface area contributed by atoms with Gasteiger partial charge in [0.05, 0.1) is 17.4 Å². The lowest BCUT2D eigenvalue weighted by molar-refractivity contribution is 0.00847. The van der Waals surface area contributed by atoms with Gasteiger partial charge in [-0.15, -0.1) is 0 Å². The van der Waals surface area contributed by atoms with Gasteiger partial charge in [0.2, 0.25) is 0 Å².